The normalized spacial score (nSPS) is 12.2. The fourth-order valence-electron chi connectivity index (χ4n) is 0.712. The number of thiazole rings is 1. The van der Waals surface area contributed by atoms with Crippen LogP contribution in [0.2, 0.25) is 0 Å². The van der Waals surface area contributed by atoms with Crippen molar-refractivity contribution in [2.24, 2.45) is 5.73 Å². The lowest BCUT2D eigenvalue weighted by atomic mass is 10.3. The number of hydrogen-bond acceptors (Lipinski definition) is 5. The van der Waals surface area contributed by atoms with Crippen molar-refractivity contribution in [1.29, 1.82) is 0 Å². The third-order valence-corrected chi connectivity index (χ3v) is 2.27. The Morgan fingerprint density at radius 2 is 2.29 bits per heavy atom. The predicted molar refractivity (Wildman–Crippen MR) is 54.4 cm³/mol. The van der Waals surface area contributed by atoms with Crippen LogP contribution in [0.3, 0.4) is 0 Å². The van der Waals surface area contributed by atoms with E-state index in [1.54, 1.807) is 12.3 Å². The zero-order valence-corrected chi connectivity index (χ0v) is 8.72. The average Bonchev–Trinajstić information content (AvgIpc) is 2.52. The van der Waals surface area contributed by atoms with E-state index in [2.05, 4.69) is 10.3 Å². The van der Waals surface area contributed by atoms with E-state index in [-0.39, 0.29) is 11.7 Å². The van der Waals surface area contributed by atoms with Crippen molar-refractivity contribution in [1.82, 2.24) is 4.98 Å². The summed E-state index contributed by atoms with van der Waals surface area (Å²) in [5, 5.41) is 4.50. The van der Waals surface area contributed by atoms with Crippen molar-refractivity contribution in [3.63, 3.8) is 0 Å². The van der Waals surface area contributed by atoms with Gasteiger partial charge in [-0.1, -0.05) is 0 Å². The first-order chi connectivity index (χ1) is 6.50. The lowest BCUT2D eigenvalue weighted by Crippen LogP contribution is -2.32. The zero-order valence-electron chi connectivity index (χ0n) is 7.90. The van der Waals surface area contributed by atoms with Crippen LogP contribution < -0.4 is 11.1 Å². The van der Waals surface area contributed by atoms with Gasteiger partial charge >= 0.3 is 0 Å². The Morgan fingerprint density at radius 3 is 2.71 bits per heavy atom. The minimum Gasteiger partial charge on any atom is -0.320 e. The fourth-order valence-corrected chi connectivity index (χ4v) is 1.46. The molecule has 14 heavy (non-hydrogen) atoms. The number of hydrogen-bond donors (Lipinski definition) is 2. The predicted octanol–water partition coefficient (Wildman–Crippen LogP) is 0.631. The van der Waals surface area contributed by atoms with Gasteiger partial charge in [-0.2, -0.15) is 0 Å². The van der Waals surface area contributed by atoms with Crippen molar-refractivity contribution < 1.29 is 9.59 Å². The molecule has 1 aromatic heterocycles. The van der Waals surface area contributed by atoms with Gasteiger partial charge in [-0.05, 0) is 6.92 Å². The summed E-state index contributed by atoms with van der Waals surface area (Å²) < 4.78 is 0. The number of carbonyl (C=O) groups excluding carboxylic acids is 2. The van der Waals surface area contributed by atoms with Crippen LogP contribution in [-0.4, -0.2) is 22.7 Å². The van der Waals surface area contributed by atoms with Crippen LogP contribution in [0.1, 0.15) is 24.3 Å². The van der Waals surface area contributed by atoms with Crippen LogP contribution in [-0.2, 0) is 4.79 Å². The first-order valence-corrected chi connectivity index (χ1v) is 4.91. The quantitative estimate of drug-likeness (QED) is 0.721. The first kappa shape index (κ1) is 10.8. The van der Waals surface area contributed by atoms with Crippen molar-refractivity contribution in [3.05, 3.63) is 11.1 Å². The molecule has 76 valence electrons. The van der Waals surface area contributed by atoms with Gasteiger partial charge in [-0.25, -0.2) is 4.98 Å². The minimum atomic E-state index is -0.584. The highest BCUT2D eigenvalue weighted by Gasteiger charge is 2.11. The van der Waals surface area contributed by atoms with Gasteiger partial charge in [0, 0.05) is 12.3 Å². The Labute approximate surface area is 85.3 Å². The van der Waals surface area contributed by atoms with E-state index in [0.29, 0.717) is 10.8 Å². The zero-order chi connectivity index (χ0) is 10.7. The molecule has 0 aliphatic carbocycles. The van der Waals surface area contributed by atoms with Gasteiger partial charge in [-0.15, -0.1) is 11.3 Å². The number of nitrogens with one attached hydrogen (secondary N) is 1. The van der Waals surface area contributed by atoms with E-state index in [0.717, 1.165) is 0 Å². The van der Waals surface area contributed by atoms with Gasteiger partial charge in [0.05, 0.1) is 6.04 Å². The smallest absolute Gasteiger partial charge is 0.242 e. The molecule has 0 spiro atoms. The second-order valence-electron chi connectivity index (χ2n) is 2.87. The van der Waals surface area contributed by atoms with Gasteiger partial charge in [0.2, 0.25) is 5.91 Å². The van der Waals surface area contributed by atoms with E-state index in [4.69, 9.17) is 5.73 Å². The van der Waals surface area contributed by atoms with Crippen LogP contribution >= 0.6 is 11.3 Å². The number of carbonyl (C=O) groups is 2. The standard InChI is InChI=1S/C8H11N3O2S/c1-4(9)7(13)11-8-10-6(3-14-8)5(2)12/h3-4H,9H2,1-2H3,(H,10,11,13)/t4-/m1/s1. The van der Waals surface area contributed by atoms with E-state index >= 15 is 0 Å². The number of aromatic nitrogens is 1. The van der Waals surface area contributed by atoms with E-state index in [1.165, 1.54) is 18.3 Å². The summed E-state index contributed by atoms with van der Waals surface area (Å²) >= 11 is 1.20. The minimum absolute atomic E-state index is 0.123. The van der Waals surface area contributed by atoms with Crippen molar-refractivity contribution in [3.8, 4) is 0 Å². The second-order valence-corrected chi connectivity index (χ2v) is 3.73. The van der Waals surface area contributed by atoms with Crippen LogP contribution in [0.15, 0.2) is 5.38 Å². The fraction of sp³-hybridized carbons (Fsp3) is 0.375. The molecule has 5 nitrogen and oxygen atoms in total. The average molecular weight is 213 g/mol. The molecule has 3 N–H and O–H groups in total. The van der Waals surface area contributed by atoms with Gasteiger partial charge < -0.3 is 11.1 Å². The maximum absolute atomic E-state index is 11.1. The summed E-state index contributed by atoms with van der Waals surface area (Å²) in [7, 11) is 0. The summed E-state index contributed by atoms with van der Waals surface area (Å²) in [6.07, 6.45) is 0. The maximum Gasteiger partial charge on any atom is 0.242 e. The molecule has 1 heterocycles. The Balaban J connectivity index is 2.69. The van der Waals surface area contributed by atoms with E-state index in [9.17, 15) is 9.59 Å². The summed E-state index contributed by atoms with van der Waals surface area (Å²) in [6, 6.07) is -0.584. The lowest BCUT2D eigenvalue weighted by Gasteiger charge is -2.03. The Kier molecular flexibility index (Phi) is 3.32. The summed E-state index contributed by atoms with van der Waals surface area (Å²) in [6.45, 7) is 3.00. The molecule has 0 fully saturated rings. The van der Waals surface area contributed by atoms with Crippen molar-refractivity contribution in [2.75, 3.05) is 5.32 Å². The molecule has 0 saturated heterocycles. The van der Waals surface area contributed by atoms with Gasteiger partial charge in [-0.3, -0.25) is 9.59 Å². The molecule has 6 heteroatoms. The molecule has 1 aromatic rings. The number of nitrogens with two attached hydrogens (primary N) is 1. The van der Waals surface area contributed by atoms with E-state index in [1.807, 2.05) is 0 Å². The molecule has 1 rings (SSSR count). The van der Waals surface area contributed by atoms with Crippen LogP contribution in [0, 0.1) is 0 Å². The van der Waals surface area contributed by atoms with E-state index < -0.39 is 6.04 Å². The molecule has 0 radical (unpaired) electrons. The monoisotopic (exact) mass is 213 g/mol. The van der Waals surface area contributed by atoms with Crippen molar-refractivity contribution in [2.45, 2.75) is 19.9 Å². The summed E-state index contributed by atoms with van der Waals surface area (Å²) in [5.74, 6) is -0.433. The van der Waals surface area contributed by atoms with Gasteiger partial charge in [0.25, 0.3) is 0 Å². The molecule has 0 saturated carbocycles. The number of rotatable bonds is 3. The lowest BCUT2D eigenvalue weighted by molar-refractivity contribution is -0.117. The number of anilines is 1. The number of amides is 1. The molecule has 0 unspecified atom stereocenters. The van der Waals surface area contributed by atoms with Crippen molar-refractivity contribution >= 4 is 28.2 Å². The first-order valence-electron chi connectivity index (χ1n) is 4.03. The molecule has 0 aromatic carbocycles. The van der Waals surface area contributed by atoms with Crippen LogP contribution in [0.5, 0.6) is 0 Å². The highest BCUT2D eigenvalue weighted by molar-refractivity contribution is 7.14. The molecule has 0 bridgehead atoms. The second kappa shape index (κ2) is 4.30. The third kappa shape index (κ3) is 2.61. The highest BCUT2D eigenvalue weighted by atomic mass is 32.1. The Hall–Kier alpha value is -1.27. The number of Topliss-reactive ketones (excluding diaryl/α,β-unsaturated/α-hetero) is 1. The Morgan fingerprint density at radius 1 is 1.64 bits per heavy atom. The number of nitrogens with zero attached hydrogens (tertiary/aromatic N) is 1. The third-order valence-electron chi connectivity index (χ3n) is 1.51. The SMILES string of the molecule is CC(=O)c1csc(NC(=O)[C@@H](C)N)n1. The van der Waals surface area contributed by atoms with Gasteiger partial charge in [0.15, 0.2) is 10.9 Å². The Bertz CT molecular complexity index is 359. The molecular formula is C8H11N3O2S. The molecule has 1 atom stereocenters. The molecule has 0 aliphatic heterocycles. The molecule has 0 aliphatic rings. The highest BCUT2D eigenvalue weighted by Crippen LogP contribution is 2.15. The molecular weight excluding hydrogens is 202 g/mol. The topological polar surface area (TPSA) is 85.1 Å². The van der Waals surface area contributed by atoms with Crippen LogP contribution in [0.25, 0.3) is 0 Å². The molecule has 1 amide bonds. The summed E-state index contributed by atoms with van der Waals surface area (Å²) in [4.78, 5) is 25.9. The van der Waals surface area contributed by atoms with Gasteiger partial charge in [0.1, 0.15) is 5.69 Å². The maximum atomic E-state index is 11.1. The van der Waals surface area contributed by atoms with Crippen LogP contribution in [0.4, 0.5) is 5.13 Å². The largest absolute Gasteiger partial charge is 0.320 e. The summed E-state index contributed by atoms with van der Waals surface area (Å²) in [5.41, 5.74) is 5.70. The number of ketones is 1.